The van der Waals surface area contributed by atoms with Crippen LogP contribution < -0.4 is 5.32 Å². The van der Waals surface area contributed by atoms with Crippen LogP contribution in [-0.2, 0) is 4.74 Å². The molecule has 3 heteroatoms. The molecule has 0 aromatic heterocycles. The Morgan fingerprint density at radius 3 is 2.58 bits per heavy atom. The first-order chi connectivity index (χ1) is 12.4. The van der Waals surface area contributed by atoms with Crippen LogP contribution in [0.5, 0.6) is 0 Å². The highest BCUT2D eigenvalue weighted by Crippen LogP contribution is 2.48. The smallest absolute Gasteiger partial charge is 0.137 e. The Morgan fingerprint density at radius 2 is 1.88 bits per heavy atom. The van der Waals surface area contributed by atoms with Gasteiger partial charge in [0.1, 0.15) is 12.0 Å². The van der Waals surface area contributed by atoms with E-state index >= 15 is 0 Å². The van der Waals surface area contributed by atoms with Crippen molar-refractivity contribution < 1.29 is 9.13 Å². The van der Waals surface area contributed by atoms with Crippen molar-refractivity contribution in [3.8, 4) is 0 Å². The van der Waals surface area contributed by atoms with Gasteiger partial charge in [-0.3, -0.25) is 5.32 Å². The van der Waals surface area contributed by atoms with E-state index in [0.29, 0.717) is 18.1 Å². The first-order valence-corrected chi connectivity index (χ1v) is 10.6. The van der Waals surface area contributed by atoms with Crippen LogP contribution >= 0.6 is 0 Å². The van der Waals surface area contributed by atoms with Crippen molar-refractivity contribution in [1.29, 1.82) is 0 Å². The summed E-state index contributed by atoms with van der Waals surface area (Å²) in [4.78, 5) is 0. The summed E-state index contributed by atoms with van der Waals surface area (Å²) in [7, 11) is 0. The standard InChI is InChI=1S/C23H34FNO/c1-4-15-5-6-17-12-18(8-7-16(17)11-15)19-9-10-20(21(24)13-19)22-25-23(2,3)14-26-22/h9-10,13,15-18,22,25H,4-8,11-12,14H2,1-3H3/t15?,16-,17-,18-,22?/m1/s1. The molecule has 1 saturated heterocycles. The summed E-state index contributed by atoms with van der Waals surface area (Å²) in [5.41, 5.74) is 1.75. The lowest BCUT2D eigenvalue weighted by molar-refractivity contribution is 0.0958. The summed E-state index contributed by atoms with van der Waals surface area (Å²) in [5.74, 6) is 3.15. The van der Waals surface area contributed by atoms with Gasteiger partial charge in [0.05, 0.1) is 6.61 Å². The van der Waals surface area contributed by atoms with Gasteiger partial charge in [-0.1, -0.05) is 31.9 Å². The Labute approximate surface area is 157 Å². The van der Waals surface area contributed by atoms with Gasteiger partial charge in [-0.25, -0.2) is 4.39 Å². The predicted octanol–water partition coefficient (Wildman–Crippen LogP) is 5.93. The molecular weight excluding hydrogens is 325 g/mol. The van der Waals surface area contributed by atoms with Crippen LogP contribution in [0.3, 0.4) is 0 Å². The minimum absolute atomic E-state index is 0.0918. The topological polar surface area (TPSA) is 21.3 Å². The Bertz CT molecular complexity index is 643. The van der Waals surface area contributed by atoms with Gasteiger partial charge in [-0.2, -0.15) is 0 Å². The molecule has 26 heavy (non-hydrogen) atoms. The molecule has 2 nitrogen and oxygen atoms in total. The molecule has 1 N–H and O–H groups in total. The van der Waals surface area contributed by atoms with Crippen LogP contribution in [0, 0.1) is 23.6 Å². The average molecular weight is 360 g/mol. The fourth-order valence-corrected chi connectivity index (χ4v) is 5.57. The number of hydrogen-bond donors (Lipinski definition) is 1. The maximum absolute atomic E-state index is 14.8. The molecule has 1 aromatic carbocycles. The van der Waals surface area contributed by atoms with Crippen molar-refractivity contribution in [3.63, 3.8) is 0 Å². The van der Waals surface area contributed by atoms with Crippen molar-refractivity contribution in [3.05, 3.63) is 35.1 Å². The molecule has 1 aliphatic heterocycles. The number of fused-ring (bicyclic) bond motifs is 1. The monoisotopic (exact) mass is 359 g/mol. The van der Waals surface area contributed by atoms with Crippen LogP contribution in [0.15, 0.2) is 18.2 Å². The minimum atomic E-state index is -0.320. The summed E-state index contributed by atoms with van der Waals surface area (Å²) in [6.45, 7) is 7.13. The van der Waals surface area contributed by atoms with Gasteiger partial charge >= 0.3 is 0 Å². The van der Waals surface area contributed by atoms with Crippen molar-refractivity contribution in [1.82, 2.24) is 5.32 Å². The van der Waals surface area contributed by atoms with Crippen LogP contribution in [0.1, 0.15) is 89.0 Å². The number of hydrogen-bond acceptors (Lipinski definition) is 2. The number of rotatable bonds is 3. The van der Waals surface area contributed by atoms with E-state index in [2.05, 4.69) is 32.2 Å². The highest BCUT2D eigenvalue weighted by Gasteiger charge is 2.36. The maximum atomic E-state index is 14.8. The predicted molar refractivity (Wildman–Crippen MR) is 104 cm³/mol. The summed E-state index contributed by atoms with van der Waals surface area (Å²) < 4.78 is 20.6. The molecule has 3 aliphatic rings. The van der Waals surface area contributed by atoms with E-state index < -0.39 is 0 Å². The zero-order valence-corrected chi connectivity index (χ0v) is 16.6. The highest BCUT2D eigenvalue weighted by molar-refractivity contribution is 5.29. The van der Waals surface area contributed by atoms with Gasteiger partial charge in [0.25, 0.3) is 0 Å². The summed E-state index contributed by atoms with van der Waals surface area (Å²) in [6, 6.07) is 5.88. The van der Waals surface area contributed by atoms with Crippen LogP contribution in [0.4, 0.5) is 4.39 Å². The quantitative estimate of drug-likeness (QED) is 0.722. The lowest BCUT2D eigenvalue weighted by atomic mass is 9.63. The van der Waals surface area contributed by atoms with Crippen molar-refractivity contribution in [2.75, 3.05) is 6.61 Å². The minimum Gasteiger partial charge on any atom is -0.357 e. The normalized spacial score (nSPS) is 36.7. The number of halogens is 1. The molecule has 5 atom stereocenters. The molecule has 2 unspecified atom stereocenters. The van der Waals surface area contributed by atoms with E-state index in [9.17, 15) is 4.39 Å². The zero-order chi connectivity index (χ0) is 18.3. The molecule has 0 spiro atoms. The second kappa shape index (κ2) is 7.24. The van der Waals surface area contributed by atoms with Crippen molar-refractivity contribution in [2.24, 2.45) is 17.8 Å². The van der Waals surface area contributed by atoms with Crippen LogP contribution in [-0.4, -0.2) is 12.1 Å². The van der Waals surface area contributed by atoms with Gasteiger partial charge in [-0.05, 0) is 81.3 Å². The first-order valence-electron chi connectivity index (χ1n) is 10.6. The number of benzene rings is 1. The van der Waals surface area contributed by atoms with Crippen LogP contribution in [0.2, 0.25) is 0 Å². The van der Waals surface area contributed by atoms with Gasteiger partial charge in [-0.15, -0.1) is 0 Å². The largest absolute Gasteiger partial charge is 0.357 e. The molecule has 2 aliphatic carbocycles. The second-order valence-electron chi connectivity index (χ2n) is 9.62. The van der Waals surface area contributed by atoms with Crippen molar-refractivity contribution in [2.45, 2.75) is 83.4 Å². The molecule has 4 rings (SSSR count). The zero-order valence-electron chi connectivity index (χ0n) is 16.6. The second-order valence-corrected chi connectivity index (χ2v) is 9.62. The van der Waals surface area contributed by atoms with Gasteiger partial charge in [0.2, 0.25) is 0 Å². The van der Waals surface area contributed by atoms with Gasteiger partial charge < -0.3 is 4.74 Å². The van der Waals surface area contributed by atoms with Crippen LogP contribution in [0.25, 0.3) is 0 Å². The van der Waals surface area contributed by atoms with E-state index in [1.165, 1.54) is 50.5 Å². The molecule has 0 bridgehead atoms. The van der Waals surface area contributed by atoms with Gasteiger partial charge in [0.15, 0.2) is 0 Å². The van der Waals surface area contributed by atoms with E-state index in [0.717, 1.165) is 17.8 Å². The molecule has 144 valence electrons. The van der Waals surface area contributed by atoms with Crippen molar-refractivity contribution >= 4 is 0 Å². The van der Waals surface area contributed by atoms with Gasteiger partial charge in [0, 0.05) is 11.1 Å². The fourth-order valence-electron chi connectivity index (χ4n) is 5.57. The Kier molecular flexibility index (Phi) is 5.13. The molecule has 3 fully saturated rings. The molecule has 1 heterocycles. The average Bonchev–Trinajstić information content (AvgIpc) is 3.00. The molecule has 1 aromatic rings. The van der Waals surface area contributed by atoms with E-state index in [4.69, 9.17) is 4.74 Å². The number of nitrogens with one attached hydrogen (secondary N) is 1. The SMILES string of the molecule is CCC1CC[C@@H]2C[C@H](c3ccc(C4NC(C)(C)CO4)c(F)c3)CC[C@@H]2C1. The maximum Gasteiger partial charge on any atom is 0.137 e. The fraction of sp³-hybridized carbons (Fsp3) is 0.739. The molecule has 0 amide bonds. The summed E-state index contributed by atoms with van der Waals surface area (Å²) in [5, 5.41) is 3.37. The molecular formula is C23H34FNO. The number of ether oxygens (including phenoxy) is 1. The Balaban J connectivity index is 1.44. The lowest BCUT2D eigenvalue weighted by Crippen LogP contribution is -2.36. The Hall–Kier alpha value is -0.930. The highest BCUT2D eigenvalue weighted by atomic mass is 19.1. The molecule has 0 radical (unpaired) electrons. The Morgan fingerprint density at radius 1 is 1.12 bits per heavy atom. The third-order valence-electron chi connectivity index (χ3n) is 7.21. The van der Waals surface area contributed by atoms with E-state index in [1.54, 1.807) is 6.07 Å². The third kappa shape index (κ3) is 3.71. The third-order valence-corrected chi connectivity index (χ3v) is 7.21. The van der Waals surface area contributed by atoms with E-state index in [-0.39, 0.29) is 17.6 Å². The first kappa shape index (κ1) is 18.4. The summed E-state index contributed by atoms with van der Waals surface area (Å²) in [6.07, 6.45) is 9.05. The molecule has 2 saturated carbocycles. The lowest BCUT2D eigenvalue weighted by Gasteiger charge is -2.42. The summed E-state index contributed by atoms with van der Waals surface area (Å²) >= 11 is 0. The van der Waals surface area contributed by atoms with E-state index in [1.807, 2.05) is 6.07 Å².